The van der Waals surface area contributed by atoms with Gasteiger partial charge in [-0.05, 0) is 38.0 Å². The van der Waals surface area contributed by atoms with Crippen molar-refractivity contribution < 1.29 is 4.79 Å². The summed E-state index contributed by atoms with van der Waals surface area (Å²) in [4.78, 5) is 16.8. The van der Waals surface area contributed by atoms with Crippen molar-refractivity contribution >= 4 is 5.91 Å². The molecule has 20 heavy (non-hydrogen) atoms. The summed E-state index contributed by atoms with van der Waals surface area (Å²) in [6.45, 7) is 8.23. The molecule has 1 aliphatic carbocycles. The van der Waals surface area contributed by atoms with Crippen LogP contribution >= 0.6 is 0 Å². The largest absolute Gasteiger partial charge is 0.339 e. The molecular weight excluding hydrogens is 250 g/mol. The molecule has 0 aromatic heterocycles. The van der Waals surface area contributed by atoms with Gasteiger partial charge >= 0.3 is 0 Å². The standard InChI is InChI=1S/C16H31N3O/c1-3-4-15(17)16(20)19-11-9-18(10-12-19)14-7-5-13(2)6-8-14/h13-15H,3-12,17H2,1-2H3. The average Bonchev–Trinajstić information content (AvgIpc) is 2.48. The molecule has 0 aromatic carbocycles. The number of rotatable bonds is 4. The molecule has 1 heterocycles. The molecule has 2 aliphatic rings. The maximum Gasteiger partial charge on any atom is 0.239 e. The minimum absolute atomic E-state index is 0.156. The van der Waals surface area contributed by atoms with Crippen LogP contribution in [0.2, 0.25) is 0 Å². The lowest BCUT2D eigenvalue weighted by Crippen LogP contribution is -2.55. The minimum atomic E-state index is -0.290. The van der Waals surface area contributed by atoms with Crippen LogP contribution < -0.4 is 5.73 Å². The zero-order chi connectivity index (χ0) is 14.5. The quantitative estimate of drug-likeness (QED) is 0.855. The fourth-order valence-electron chi connectivity index (χ4n) is 3.58. The van der Waals surface area contributed by atoms with Crippen LogP contribution in [0.3, 0.4) is 0 Å². The van der Waals surface area contributed by atoms with E-state index < -0.39 is 0 Å². The van der Waals surface area contributed by atoms with Crippen LogP contribution in [-0.4, -0.2) is 54.0 Å². The van der Waals surface area contributed by atoms with Gasteiger partial charge in [-0.15, -0.1) is 0 Å². The Morgan fingerprint density at radius 3 is 2.30 bits per heavy atom. The fraction of sp³-hybridized carbons (Fsp3) is 0.938. The SMILES string of the molecule is CCCC(N)C(=O)N1CCN(C2CCC(C)CC2)CC1. The third-order valence-electron chi connectivity index (χ3n) is 5.04. The Morgan fingerprint density at radius 1 is 1.15 bits per heavy atom. The van der Waals surface area contributed by atoms with E-state index in [4.69, 9.17) is 5.73 Å². The molecule has 1 saturated heterocycles. The summed E-state index contributed by atoms with van der Waals surface area (Å²) < 4.78 is 0. The second-order valence-electron chi connectivity index (χ2n) is 6.67. The summed E-state index contributed by atoms with van der Waals surface area (Å²) in [5.74, 6) is 1.06. The van der Waals surface area contributed by atoms with E-state index in [1.54, 1.807) is 0 Å². The Kier molecular flexibility index (Phi) is 5.85. The summed E-state index contributed by atoms with van der Waals surface area (Å²) in [5.41, 5.74) is 5.95. The van der Waals surface area contributed by atoms with E-state index in [9.17, 15) is 4.79 Å². The maximum absolute atomic E-state index is 12.2. The summed E-state index contributed by atoms with van der Waals surface area (Å²) in [5, 5.41) is 0. The van der Waals surface area contributed by atoms with E-state index in [0.717, 1.165) is 51.0 Å². The number of carbonyl (C=O) groups is 1. The predicted molar refractivity (Wildman–Crippen MR) is 82.5 cm³/mol. The summed E-state index contributed by atoms with van der Waals surface area (Å²) >= 11 is 0. The maximum atomic E-state index is 12.2. The number of piperazine rings is 1. The van der Waals surface area contributed by atoms with E-state index in [1.165, 1.54) is 25.7 Å². The predicted octanol–water partition coefficient (Wildman–Crippen LogP) is 1.84. The zero-order valence-electron chi connectivity index (χ0n) is 13.2. The molecule has 0 spiro atoms. The third kappa shape index (κ3) is 3.95. The van der Waals surface area contributed by atoms with Crippen LogP contribution in [0.15, 0.2) is 0 Å². The lowest BCUT2D eigenvalue weighted by atomic mass is 9.86. The molecule has 1 amide bonds. The molecule has 2 N–H and O–H groups in total. The Hall–Kier alpha value is -0.610. The highest BCUT2D eigenvalue weighted by molar-refractivity contribution is 5.81. The van der Waals surface area contributed by atoms with Gasteiger partial charge in [-0.2, -0.15) is 0 Å². The molecule has 0 aromatic rings. The highest BCUT2D eigenvalue weighted by atomic mass is 16.2. The lowest BCUT2D eigenvalue weighted by molar-refractivity contribution is -0.135. The summed E-state index contributed by atoms with van der Waals surface area (Å²) in [6.07, 6.45) is 7.19. The number of hydrogen-bond donors (Lipinski definition) is 1. The van der Waals surface area contributed by atoms with Crippen LogP contribution in [0.5, 0.6) is 0 Å². The van der Waals surface area contributed by atoms with Crippen molar-refractivity contribution in [2.45, 2.75) is 64.5 Å². The monoisotopic (exact) mass is 281 g/mol. The summed E-state index contributed by atoms with van der Waals surface area (Å²) in [7, 11) is 0. The Bertz CT molecular complexity index is 305. The lowest BCUT2D eigenvalue weighted by Gasteiger charge is -2.42. The van der Waals surface area contributed by atoms with Gasteiger partial charge in [0.2, 0.25) is 5.91 Å². The molecule has 116 valence electrons. The van der Waals surface area contributed by atoms with Crippen molar-refractivity contribution in [3.63, 3.8) is 0 Å². The van der Waals surface area contributed by atoms with Crippen molar-refractivity contribution in [2.24, 2.45) is 11.7 Å². The van der Waals surface area contributed by atoms with Crippen molar-refractivity contribution in [1.82, 2.24) is 9.80 Å². The molecule has 1 atom stereocenters. The number of nitrogens with two attached hydrogens (primary N) is 1. The summed E-state index contributed by atoms with van der Waals surface area (Å²) in [6, 6.07) is 0.467. The molecule has 1 saturated carbocycles. The smallest absolute Gasteiger partial charge is 0.239 e. The molecule has 4 heteroatoms. The van der Waals surface area contributed by atoms with Crippen LogP contribution in [0.1, 0.15) is 52.4 Å². The molecule has 0 bridgehead atoms. The van der Waals surface area contributed by atoms with Gasteiger partial charge in [-0.25, -0.2) is 0 Å². The van der Waals surface area contributed by atoms with Crippen molar-refractivity contribution in [2.75, 3.05) is 26.2 Å². The van der Waals surface area contributed by atoms with E-state index in [0.29, 0.717) is 0 Å². The highest BCUT2D eigenvalue weighted by Gasteiger charge is 2.29. The van der Waals surface area contributed by atoms with Gasteiger partial charge in [-0.1, -0.05) is 20.3 Å². The first-order valence-electron chi connectivity index (χ1n) is 8.40. The molecule has 1 aliphatic heterocycles. The van der Waals surface area contributed by atoms with E-state index in [2.05, 4.69) is 18.7 Å². The van der Waals surface area contributed by atoms with Crippen molar-refractivity contribution in [1.29, 1.82) is 0 Å². The van der Waals surface area contributed by atoms with E-state index >= 15 is 0 Å². The molecule has 2 fully saturated rings. The van der Waals surface area contributed by atoms with E-state index in [1.807, 2.05) is 4.90 Å². The van der Waals surface area contributed by atoms with Gasteiger partial charge in [0.1, 0.15) is 0 Å². The Labute approximate surface area is 123 Å². The second kappa shape index (κ2) is 7.41. The van der Waals surface area contributed by atoms with Crippen molar-refractivity contribution in [3.05, 3.63) is 0 Å². The fourth-order valence-corrected chi connectivity index (χ4v) is 3.58. The first-order valence-corrected chi connectivity index (χ1v) is 8.40. The topological polar surface area (TPSA) is 49.6 Å². The molecular formula is C16H31N3O. The van der Waals surface area contributed by atoms with Crippen LogP contribution in [0.4, 0.5) is 0 Å². The molecule has 4 nitrogen and oxygen atoms in total. The number of hydrogen-bond acceptors (Lipinski definition) is 3. The first kappa shape index (κ1) is 15.8. The average molecular weight is 281 g/mol. The van der Waals surface area contributed by atoms with Crippen LogP contribution in [-0.2, 0) is 4.79 Å². The molecule has 2 rings (SSSR count). The number of nitrogens with zero attached hydrogens (tertiary/aromatic N) is 2. The third-order valence-corrected chi connectivity index (χ3v) is 5.04. The Balaban J connectivity index is 1.76. The van der Waals surface area contributed by atoms with Gasteiger partial charge in [0.25, 0.3) is 0 Å². The zero-order valence-corrected chi connectivity index (χ0v) is 13.2. The minimum Gasteiger partial charge on any atom is -0.339 e. The van der Waals surface area contributed by atoms with E-state index in [-0.39, 0.29) is 11.9 Å². The molecule has 0 radical (unpaired) electrons. The van der Waals surface area contributed by atoms with Gasteiger partial charge in [0.05, 0.1) is 6.04 Å². The number of amides is 1. The number of carbonyl (C=O) groups excluding carboxylic acids is 1. The van der Waals surface area contributed by atoms with Gasteiger partial charge in [0.15, 0.2) is 0 Å². The van der Waals surface area contributed by atoms with Gasteiger partial charge < -0.3 is 10.6 Å². The van der Waals surface area contributed by atoms with Gasteiger partial charge in [-0.3, -0.25) is 9.69 Å². The first-order chi connectivity index (χ1) is 9.61. The molecule has 1 unspecified atom stereocenters. The normalized spacial score (nSPS) is 30.2. The van der Waals surface area contributed by atoms with Crippen LogP contribution in [0, 0.1) is 5.92 Å². The second-order valence-corrected chi connectivity index (χ2v) is 6.67. The van der Waals surface area contributed by atoms with Crippen molar-refractivity contribution in [3.8, 4) is 0 Å². The van der Waals surface area contributed by atoms with Gasteiger partial charge in [0, 0.05) is 32.2 Å². The van der Waals surface area contributed by atoms with Crippen LogP contribution in [0.25, 0.3) is 0 Å². The Morgan fingerprint density at radius 2 is 1.75 bits per heavy atom. The highest BCUT2D eigenvalue weighted by Crippen LogP contribution is 2.27.